The molecule has 0 bridgehead atoms. The predicted octanol–water partition coefficient (Wildman–Crippen LogP) is 0.644. The third-order valence-corrected chi connectivity index (χ3v) is 2.95. The molecule has 0 spiro atoms. The molecule has 0 saturated heterocycles. The molecule has 8 nitrogen and oxygen atoms in total. The molecular formula is C16H32N2O6. The molecule has 0 rings (SSSR count). The molecule has 0 fully saturated rings. The molecule has 24 heavy (non-hydrogen) atoms. The number of carbonyl (C=O) groups excluding carboxylic acids is 1. The maximum absolute atomic E-state index is 11.0. The molecular weight excluding hydrogens is 316 g/mol. The number of nitrogens with zero attached hydrogens (tertiary/aromatic N) is 1. The van der Waals surface area contributed by atoms with Crippen LogP contribution in [-0.2, 0) is 28.5 Å². The van der Waals surface area contributed by atoms with E-state index in [0.717, 1.165) is 0 Å². The van der Waals surface area contributed by atoms with Gasteiger partial charge in [-0.05, 0) is 0 Å². The van der Waals surface area contributed by atoms with Crippen molar-refractivity contribution in [2.24, 2.45) is 4.99 Å². The standard InChI is InChI=1S/C16H32N2O6/c1-4-15(19)18-6-8-22-10-12-24-14-13-23-11-9-21-7-5-16(17-2)20-3/h4-14H2,1-3H3,(H,18,19). The lowest BCUT2D eigenvalue weighted by Gasteiger charge is -2.08. The zero-order chi connectivity index (χ0) is 17.9. The summed E-state index contributed by atoms with van der Waals surface area (Å²) in [6, 6.07) is 0. The number of amides is 1. The van der Waals surface area contributed by atoms with Crippen LogP contribution in [0.15, 0.2) is 4.99 Å². The molecule has 8 heteroatoms. The third-order valence-electron chi connectivity index (χ3n) is 2.95. The Labute approximate surface area is 144 Å². The number of methoxy groups -OCH3 is 1. The number of carbonyl (C=O) groups is 1. The Morgan fingerprint density at radius 2 is 1.38 bits per heavy atom. The van der Waals surface area contributed by atoms with Crippen molar-refractivity contribution in [2.75, 3.05) is 73.6 Å². The molecule has 142 valence electrons. The summed E-state index contributed by atoms with van der Waals surface area (Å²) in [5.41, 5.74) is 0. The zero-order valence-electron chi connectivity index (χ0n) is 15.2. The second kappa shape index (κ2) is 18.1. The maximum Gasteiger partial charge on any atom is 0.219 e. The Balaban J connectivity index is 3.11. The van der Waals surface area contributed by atoms with Gasteiger partial charge >= 0.3 is 0 Å². The first-order valence-electron chi connectivity index (χ1n) is 8.31. The van der Waals surface area contributed by atoms with Crippen molar-refractivity contribution in [3.63, 3.8) is 0 Å². The topological polar surface area (TPSA) is 87.6 Å². The lowest BCUT2D eigenvalue weighted by Crippen LogP contribution is -2.26. The minimum Gasteiger partial charge on any atom is -0.484 e. The van der Waals surface area contributed by atoms with Crippen LogP contribution in [0, 0.1) is 0 Å². The molecule has 0 aromatic carbocycles. The van der Waals surface area contributed by atoms with Crippen LogP contribution in [0.2, 0.25) is 0 Å². The van der Waals surface area contributed by atoms with E-state index in [4.69, 9.17) is 23.7 Å². The Hall–Kier alpha value is -1.22. The summed E-state index contributed by atoms with van der Waals surface area (Å²) in [5, 5.41) is 2.73. The summed E-state index contributed by atoms with van der Waals surface area (Å²) >= 11 is 0. The number of aliphatic imine (C=N–C) groups is 1. The molecule has 0 atom stereocenters. The average Bonchev–Trinajstić information content (AvgIpc) is 2.61. The predicted molar refractivity (Wildman–Crippen MR) is 91.6 cm³/mol. The van der Waals surface area contributed by atoms with Gasteiger partial charge in [-0.1, -0.05) is 6.92 Å². The van der Waals surface area contributed by atoms with Crippen LogP contribution in [0.4, 0.5) is 0 Å². The molecule has 0 aliphatic heterocycles. The van der Waals surface area contributed by atoms with Gasteiger partial charge in [-0.2, -0.15) is 0 Å². The number of hydrogen-bond donors (Lipinski definition) is 1. The molecule has 0 saturated carbocycles. The van der Waals surface area contributed by atoms with Crippen LogP contribution in [0.25, 0.3) is 0 Å². The normalized spacial score (nSPS) is 11.5. The van der Waals surface area contributed by atoms with Gasteiger partial charge in [0.1, 0.15) is 0 Å². The highest BCUT2D eigenvalue weighted by Gasteiger charge is 1.97. The first kappa shape index (κ1) is 22.8. The maximum atomic E-state index is 11.0. The van der Waals surface area contributed by atoms with Crippen molar-refractivity contribution in [1.29, 1.82) is 0 Å². The largest absolute Gasteiger partial charge is 0.484 e. The van der Waals surface area contributed by atoms with Crippen molar-refractivity contribution >= 4 is 11.8 Å². The van der Waals surface area contributed by atoms with Crippen LogP contribution >= 0.6 is 0 Å². The fourth-order valence-corrected chi connectivity index (χ4v) is 1.61. The number of nitrogens with one attached hydrogen (secondary N) is 1. The first-order valence-corrected chi connectivity index (χ1v) is 8.31. The quantitative estimate of drug-likeness (QED) is 0.250. The number of ether oxygens (including phenoxy) is 5. The van der Waals surface area contributed by atoms with E-state index in [0.29, 0.717) is 78.1 Å². The van der Waals surface area contributed by atoms with Crippen molar-refractivity contribution in [1.82, 2.24) is 5.32 Å². The molecule has 0 unspecified atom stereocenters. The summed E-state index contributed by atoms with van der Waals surface area (Å²) in [4.78, 5) is 14.9. The van der Waals surface area contributed by atoms with Crippen molar-refractivity contribution in [3.8, 4) is 0 Å². The first-order chi connectivity index (χ1) is 11.7. The summed E-state index contributed by atoms with van der Waals surface area (Å²) in [6.07, 6.45) is 1.16. The average molecular weight is 348 g/mol. The van der Waals surface area contributed by atoms with E-state index in [2.05, 4.69) is 10.3 Å². The molecule has 0 aromatic heterocycles. The van der Waals surface area contributed by atoms with Crippen molar-refractivity contribution < 1.29 is 28.5 Å². The van der Waals surface area contributed by atoms with Crippen LogP contribution in [0.1, 0.15) is 19.8 Å². The Morgan fingerprint density at radius 1 is 0.875 bits per heavy atom. The summed E-state index contributed by atoms with van der Waals surface area (Å²) in [6.45, 7) is 6.54. The highest BCUT2D eigenvalue weighted by atomic mass is 16.6. The van der Waals surface area contributed by atoms with E-state index in [1.807, 2.05) is 6.92 Å². The van der Waals surface area contributed by atoms with Gasteiger partial charge in [-0.15, -0.1) is 0 Å². The molecule has 0 aromatic rings. The van der Waals surface area contributed by atoms with Crippen molar-refractivity contribution in [2.45, 2.75) is 19.8 Å². The van der Waals surface area contributed by atoms with Gasteiger partial charge in [0, 0.05) is 26.4 Å². The van der Waals surface area contributed by atoms with Crippen LogP contribution in [0.3, 0.4) is 0 Å². The minimum atomic E-state index is 0.0358. The van der Waals surface area contributed by atoms with Gasteiger partial charge in [-0.3, -0.25) is 9.79 Å². The monoisotopic (exact) mass is 348 g/mol. The Morgan fingerprint density at radius 3 is 1.83 bits per heavy atom. The smallest absolute Gasteiger partial charge is 0.219 e. The van der Waals surface area contributed by atoms with E-state index in [1.54, 1.807) is 14.2 Å². The molecule has 1 N–H and O–H groups in total. The number of rotatable bonds is 16. The minimum absolute atomic E-state index is 0.0358. The SMILES string of the molecule is CCC(=O)NCCOCCOCCOCCOCCC(=NC)OC. The fraction of sp³-hybridized carbons (Fsp3) is 0.875. The van der Waals surface area contributed by atoms with Crippen molar-refractivity contribution in [3.05, 3.63) is 0 Å². The molecule has 0 aliphatic rings. The van der Waals surface area contributed by atoms with Crippen LogP contribution < -0.4 is 5.32 Å². The highest BCUT2D eigenvalue weighted by Crippen LogP contribution is 1.90. The summed E-state index contributed by atoms with van der Waals surface area (Å²) in [5.74, 6) is 0.716. The molecule has 0 aliphatic carbocycles. The molecule has 0 radical (unpaired) electrons. The Kier molecular flexibility index (Phi) is 17.2. The Bertz CT molecular complexity index is 326. The lowest BCUT2D eigenvalue weighted by atomic mass is 10.4. The van der Waals surface area contributed by atoms with Gasteiger partial charge in [0.25, 0.3) is 0 Å². The van der Waals surface area contributed by atoms with Gasteiger partial charge in [0.2, 0.25) is 5.91 Å². The van der Waals surface area contributed by atoms with Crippen LogP contribution in [0.5, 0.6) is 0 Å². The zero-order valence-corrected chi connectivity index (χ0v) is 15.2. The third kappa shape index (κ3) is 15.7. The molecule has 1 amide bonds. The molecule has 0 heterocycles. The van der Waals surface area contributed by atoms with Gasteiger partial charge in [-0.25, -0.2) is 0 Å². The van der Waals surface area contributed by atoms with E-state index in [1.165, 1.54) is 0 Å². The van der Waals surface area contributed by atoms with Gasteiger partial charge < -0.3 is 29.0 Å². The lowest BCUT2D eigenvalue weighted by molar-refractivity contribution is -0.121. The van der Waals surface area contributed by atoms with E-state index in [9.17, 15) is 4.79 Å². The van der Waals surface area contributed by atoms with E-state index >= 15 is 0 Å². The van der Waals surface area contributed by atoms with E-state index < -0.39 is 0 Å². The van der Waals surface area contributed by atoms with Gasteiger partial charge in [0.15, 0.2) is 5.90 Å². The second-order valence-corrected chi connectivity index (χ2v) is 4.72. The second-order valence-electron chi connectivity index (χ2n) is 4.72. The highest BCUT2D eigenvalue weighted by molar-refractivity contribution is 5.75. The summed E-state index contributed by atoms with van der Waals surface area (Å²) < 4.78 is 26.5. The van der Waals surface area contributed by atoms with E-state index in [-0.39, 0.29) is 5.91 Å². The van der Waals surface area contributed by atoms with Crippen LogP contribution in [-0.4, -0.2) is 85.4 Å². The van der Waals surface area contributed by atoms with Gasteiger partial charge in [0.05, 0.1) is 60.0 Å². The summed E-state index contributed by atoms with van der Waals surface area (Å²) in [7, 11) is 3.29. The number of hydrogen-bond acceptors (Lipinski definition) is 7. The fourth-order valence-electron chi connectivity index (χ4n) is 1.61.